The van der Waals surface area contributed by atoms with Crippen LogP contribution in [-0.2, 0) is 13.1 Å². The van der Waals surface area contributed by atoms with E-state index in [2.05, 4.69) is 36.4 Å². The van der Waals surface area contributed by atoms with Crippen molar-refractivity contribution >= 4 is 0 Å². The number of nitrogens with one attached hydrogen (secondary N) is 5. The van der Waals surface area contributed by atoms with Crippen LogP contribution in [0.4, 0.5) is 0 Å². The van der Waals surface area contributed by atoms with E-state index in [1.54, 1.807) is 0 Å². The Morgan fingerprint density at radius 2 is 1.59 bits per heavy atom. The Morgan fingerprint density at radius 1 is 0.941 bits per heavy atom. The SMILES string of the molecule is CNCCNCc1n[nH]c(CNCCNC)n1. The Labute approximate surface area is 102 Å². The third-order valence-electron chi connectivity index (χ3n) is 2.26. The minimum atomic E-state index is 0.703. The van der Waals surface area contributed by atoms with Crippen molar-refractivity contribution in [2.75, 3.05) is 40.3 Å². The van der Waals surface area contributed by atoms with Gasteiger partial charge in [0.2, 0.25) is 0 Å². The summed E-state index contributed by atoms with van der Waals surface area (Å²) in [7, 11) is 3.87. The molecule has 17 heavy (non-hydrogen) atoms. The number of aromatic amines is 1. The Kier molecular flexibility index (Phi) is 7.48. The first kappa shape index (κ1) is 14.0. The van der Waals surface area contributed by atoms with E-state index in [9.17, 15) is 0 Å². The highest BCUT2D eigenvalue weighted by Gasteiger charge is 2.01. The maximum Gasteiger partial charge on any atom is 0.164 e. The molecular formula is C10H23N7. The van der Waals surface area contributed by atoms with E-state index in [0.29, 0.717) is 6.54 Å². The van der Waals surface area contributed by atoms with Gasteiger partial charge in [-0.3, -0.25) is 5.10 Å². The second-order valence-corrected chi connectivity index (χ2v) is 3.76. The maximum atomic E-state index is 4.37. The van der Waals surface area contributed by atoms with Crippen LogP contribution in [0.5, 0.6) is 0 Å². The summed E-state index contributed by atoms with van der Waals surface area (Å²) in [5.41, 5.74) is 0. The van der Waals surface area contributed by atoms with Crippen LogP contribution in [0.3, 0.4) is 0 Å². The Hall–Kier alpha value is -1.02. The van der Waals surface area contributed by atoms with Gasteiger partial charge in [0.25, 0.3) is 0 Å². The largest absolute Gasteiger partial charge is 0.318 e. The fourth-order valence-electron chi connectivity index (χ4n) is 1.33. The van der Waals surface area contributed by atoms with Gasteiger partial charge < -0.3 is 21.3 Å². The van der Waals surface area contributed by atoms with Crippen molar-refractivity contribution in [1.82, 2.24) is 36.4 Å². The number of hydrogen-bond donors (Lipinski definition) is 5. The third kappa shape index (κ3) is 6.32. The first-order valence-corrected chi connectivity index (χ1v) is 5.97. The van der Waals surface area contributed by atoms with E-state index < -0.39 is 0 Å². The van der Waals surface area contributed by atoms with Gasteiger partial charge in [0.1, 0.15) is 5.82 Å². The first-order chi connectivity index (χ1) is 8.36. The molecule has 0 spiro atoms. The van der Waals surface area contributed by atoms with Gasteiger partial charge in [-0.05, 0) is 14.1 Å². The number of aromatic nitrogens is 3. The molecule has 1 rings (SSSR count). The molecule has 1 aromatic rings. The molecule has 0 amide bonds. The number of rotatable bonds is 10. The lowest BCUT2D eigenvalue weighted by Gasteiger charge is -2.01. The molecule has 5 N–H and O–H groups in total. The highest BCUT2D eigenvalue weighted by atomic mass is 15.2. The Bertz CT molecular complexity index is 259. The number of H-pyrrole nitrogens is 1. The average molecular weight is 241 g/mol. The van der Waals surface area contributed by atoms with Crippen molar-refractivity contribution in [3.63, 3.8) is 0 Å². The third-order valence-corrected chi connectivity index (χ3v) is 2.26. The molecule has 7 heteroatoms. The smallest absolute Gasteiger partial charge is 0.164 e. The van der Waals surface area contributed by atoms with Gasteiger partial charge >= 0.3 is 0 Å². The van der Waals surface area contributed by atoms with E-state index >= 15 is 0 Å². The molecule has 0 saturated carbocycles. The predicted molar refractivity (Wildman–Crippen MR) is 67.6 cm³/mol. The van der Waals surface area contributed by atoms with Crippen LogP contribution < -0.4 is 21.3 Å². The van der Waals surface area contributed by atoms with Crippen molar-refractivity contribution in [2.24, 2.45) is 0 Å². The molecule has 0 aliphatic rings. The molecule has 7 nitrogen and oxygen atoms in total. The fraction of sp³-hybridized carbons (Fsp3) is 0.800. The van der Waals surface area contributed by atoms with Crippen LogP contribution in [0, 0.1) is 0 Å². The standard InChI is InChI=1S/C10H23N7/c1-11-3-5-13-7-9-15-10(17-16-9)8-14-6-4-12-2/h11-14H,3-8H2,1-2H3,(H,15,16,17). The van der Waals surface area contributed by atoms with Gasteiger partial charge in [-0.25, -0.2) is 4.98 Å². The molecule has 1 aromatic heterocycles. The zero-order chi connectivity index (χ0) is 12.3. The maximum absolute atomic E-state index is 4.37. The minimum Gasteiger partial charge on any atom is -0.318 e. The summed E-state index contributed by atoms with van der Waals surface area (Å²) in [6.07, 6.45) is 0. The summed E-state index contributed by atoms with van der Waals surface area (Å²) in [5.74, 6) is 1.69. The van der Waals surface area contributed by atoms with E-state index in [-0.39, 0.29) is 0 Å². The second-order valence-electron chi connectivity index (χ2n) is 3.76. The quantitative estimate of drug-likeness (QED) is 0.318. The van der Waals surface area contributed by atoms with Crippen LogP contribution in [0.2, 0.25) is 0 Å². The van der Waals surface area contributed by atoms with Crippen molar-refractivity contribution in [3.05, 3.63) is 11.6 Å². The van der Waals surface area contributed by atoms with E-state index in [1.807, 2.05) is 14.1 Å². The fourth-order valence-corrected chi connectivity index (χ4v) is 1.33. The molecule has 0 bridgehead atoms. The number of hydrogen-bond acceptors (Lipinski definition) is 6. The molecule has 0 atom stereocenters. The van der Waals surface area contributed by atoms with Gasteiger partial charge in [0.15, 0.2) is 5.82 Å². The van der Waals surface area contributed by atoms with E-state index in [4.69, 9.17) is 0 Å². The van der Waals surface area contributed by atoms with Gasteiger partial charge in [-0.1, -0.05) is 0 Å². The molecular weight excluding hydrogens is 218 g/mol. The van der Waals surface area contributed by atoms with E-state index in [1.165, 1.54) is 0 Å². The lowest BCUT2D eigenvalue weighted by Crippen LogP contribution is -2.25. The normalized spacial score (nSPS) is 10.9. The summed E-state index contributed by atoms with van der Waals surface area (Å²) >= 11 is 0. The zero-order valence-corrected chi connectivity index (χ0v) is 10.6. The van der Waals surface area contributed by atoms with Crippen LogP contribution >= 0.6 is 0 Å². The zero-order valence-electron chi connectivity index (χ0n) is 10.6. The molecule has 98 valence electrons. The van der Waals surface area contributed by atoms with Crippen molar-refractivity contribution < 1.29 is 0 Å². The molecule has 0 aromatic carbocycles. The van der Waals surface area contributed by atoms with E-state index in [0.717, 1.165) is 44.4 Å². The van der Waals surface area contributed by atoms with Crippen LogP contribution in [0.15, 0.2) is 0 Å². The summed E-state index contributed by atoms with van der Waals surface area (Å²) in [6, 6.07) is 0. The van der Waals surface area contributed by atoms with Crippen molar-refractivity contribution in [2.45, 2.75) is 13.1 Å². The Morgan fingerprint density at radius 3 is 2.24 bits per heavy atom. The first-order valence-electron chi connectivity index (χ1n) is 5.97. The summed E-state index contributed by atoms with van der Waals surface area (Å²) in [6.45, 7) is 5.17. The van der Waals surface area contributed by atoms with Crippen LogP contribution in [0.25, 0.3) is 0 Å². The molecule has 0 radical (unpaired) electrons. The number of likely N-dealkylation sites (N-methyl/N-ethyl adjacent to an activating group) is 2. The highest BCUT2D eigenvalue weighted by Crippen LogP contribution is 1.91. The Balaban J connectivity index is 2.14. The number of nitrogens with zero attached hydrogens (tertiary/aromatic N) is 2. The monoisotopic (exact) mass is 241 g/mol. The summed E-state index contributed by atoms with van der Waals surface area (Å²) in [5, 5.41) is 19.7. The van der Waals surface area contributed by atoms with Crippen molar-refractivity contribution in [3.8, 4) is 0 Å². The van der Waals surface area contributed by atoms with Crippen LogP contribution in [-0.4, -0.2) is 55.5 Å². The molecule has 0 saturated heterocycles. The molecule has 0 aliphatic heterocycles. The molecule has 0 aliphatic carbocycles. The van der Waals surface area contributed by atoms with Gasteiger partial charge in [-0.15, -0.1) is 0 Å². The van der Waals surface area contributed by atoms with Crippen LogP contribution in [0.1, 0.15) is 11.6 Å². The highest BCUT2D eigenvalue weighted by molar-refractivity contribution is 4.89. The van der Waals surface area contributed by atoms with Gasteiger partial charge in [-0.2, -0.15) is 5.10 Å². The topological polar surface area (TPSA) is 89.7 Å². The molecule has 1 heterocycles. The van der Waals surface area contributed by atoms with Gasteiger partial charge in [0.05, 0.1) is 13.1 Å². The lowest BCUT2D eigenvalue weighted by atomic mass is 10.5. The average Bonchev–Trinajstić information content (AvgIpc) is 2.78. The minimum absolute atomic E-state index is 0.703. The lowest BCUT2D eigenvalue weighted by molar-refractivity contribution is 0.627. The summed E-state index contributed by atoms with van der Waals surface area (Å²) < 4.78 is 0. The molecule has 0 fully saturated rings. The second kappa shape index (κ2) is 9.06. The summed E-state index contributed by atoms with van der Waals surface area (Å²) in [4.78, 5) is 4.37. The molecule has 0 unspecified atom stereocenters. The van der Waals surface area contributed by atoms with Gasteiger partial charge in [0, 0.05) is 26.2 Å². The van der Waals surface area contributed by atoms with Crippen molar-refractivity contribution in [1.29, 1.82) is 0 Å². The predicted octanol–water partition coefficient (Wildman–Crippen LogP) is -1.58.